The van der Waals surface area contributed by atoms with Crippen molar-refractivity contribution < 1.29 is 14.3 Å². The first-order valence-corrected chi connectivity index (χ1v) is 11.4. The number of nitrogens with one attached hydrogen (secondary N) is 1. The summed E-state index contributed by atoms with van der Waals surface area (Å²) in [5.74, 6) is 0.632. The lowest BCUT2D eigenvalue weighted by atomic mass is 9.94. The van der Waals surface area contributed by atoms with Gasteiger partial charge in [0.2, 0.25) is 5.91 Å². The van der Waals surface area contributed by atoms with E-state index < -0.39 is 0 Å². The number of carbonyl (C=O) groups excluding carboxylic acids is 2. The van der Waals surface area contributed by atoms with Crippen LogP contribution in [-0.2, 0) is 4.79 Å². The van der Waals surface area contributed by atoms with Crippen molar-refractivity contribution in [2.24, 2.45) is 5.41 Å². The Hall–Kier alpha value is -2.73. The monoisotopic (exact) mass is 457 g/mol. The fourth-order valence-electron chi connectivity index (χ4n) is 3.62. The number of anilines is 2. The number of amides is 2. The molecule has 2 amide bonds. The van der Waals surface area contributed by atoms with Crippen LogP contribution in [0.5, 0.6) is 5.75 Å². The SMILES string of the molecule is CCCOc1cccc(C(=O)Nc2ccc(N3CCN(C(=O)C(C)(C)C)CC3)c(Cl)c2)c1. The van der Waals surface area contributed by atoms with Crippen LogP contribution in [0.3, 0.4) is 0 Å². The number of hydrogen-bond acceptors (Lipinski definition) is 4. The van der Waals surface area contributed by atoms with Crippen LogP contribution in [0.1, 0.15) is 44.5 Å². The molecule has 0 aromatic heterocycles. The number of ether oxygens (including phenoxy) is 1. The first kappa shape index (κ1) is 23.9. The third-order valence-corrected chi connectivity index (χ3v) is 5.63. The lowest BCUT2D eigenvalue weighted by Gasteiger charge is -2.39. The molecule has 1 heterocycles. The zero-order valence-corrected chi connectivity index (χ0v) is 20.0. The Morgan fingerprint density at radius 2 is 1.78 bits per heavy atom. The molecule has 1 aliphatic rings. The molecule has 0 bridgehead atoms. The van der Waals surface area contributed by atoms with Crippen LogP contribution in [-0.4, -0.2) is 49.5 Å². The molecule has 0 saturated carbocycles. The highest BCUT2D eigenvalue weighted by Gasteiger charge is 2.30. The predicted molar refractivity (Wildman–Crippen MR) is 130 cm³/mol. The minimum Gasteiger partial charge on any atom is -0.494 e. The lowest BCUT2D eigenvalue weighted by molar-refractivity contribution is -0.139. The zero-order chi connectivity index (χ0) is 23.3. The molecule has 6 nitrogen and oxygen atoms in total. The van der Waals surface area contributed by atoms with Gasteiger partial charge in [0.15, 0.2) is 0 Å². The molecule has 1 fully saturated rings. The Kier molecular flexibility index (Phi) is 7.67. The van der Waals surface area contributed by atoms with Gasteiger partial charge in [0.25, 0.3) is 5.91 Å². The smallest absolute Gasteiger partial charge is 0.255 e. The number of benzene rings is 2. The highest BCUT2D eigenvalue weighted by molar-refractivity contribution is 6.33. The van der Waals surface area contributed by atoms with Crippen LogP contribution in [0.25, 0.3) is 0 Å². The third-order valence-electron chi connectivity index (χ3n) is 5.32. The summed E-state index contributed by atoms with van der Waals surface area (Å²) in [7, 11) is 0. The van der Waals surface area contributed by atoms with Crippen LogP contribution in [0.2, 0.25) is 5.02 Å². The Bertz CT molecular complexity index is 963. The predicted octanol–water partition coefficient (Wildman–Crippen LogP) is 5.08. The molecule has 0 unspecified atom stereocenters. The summed E-state index contributed by atoms with van der Waals surface area (Å²) in [5.41, 5.74) is 1.69. The van der Waals surface area contributed by atoms with Crippen molar-refractivity contribution in [2.75, 3.05) is 43.0 Å². The molecule has 1 saturated heterocycles. The number of piperazine rings is 1. The van der Waals surface area contributed by atoms with Crippen LogP contribution in [0, 0.1) is 5.41 Å². The van der Waals surface area contributed by atoms with E-state index in [1.165, 1.54) is 0 Å². The largest absolute Gasteiger partial charge is 0.494 e. The summed E-state index contributed by atoms with van der Waals surface area (Å²) in [6.45, 7) is 11.3. The van der Waals surface area contributed by atoms with Crippen molar-refractivity contribution >= 4 is 34.8 Å². The van der Waals surface area contributed by atoms with Gasteiger partial charge in [-0.25, -0.2) is 0 Å². The van der Waals surface area contributed by atoms with E-state index in [1.807, 2.05) is 50.8 Å². The van der Waals surface area contributed by atoms with E-state index in [9.17, 15) is 9.59 Å². The average molecular weight is 458 g/mol. The molecule has 172 valence electrons. The van der Waals surface area contributed by atoms with E-state index in [4.69, 9.17) is 16.3 Å². The minimum atomic E-state index is -0.374. The summed E-state index contributed by atoms with van der Waals surface area (Å²) >= 11 is 6.55. The molecule has 2 aromatic carbocycles. The Morgan fingerprint density at radius 1 is 1.06 bits per heavy atom. The first-order chi connectivity index (χ1) is 15.2. The van der Waals surface area contributed by atoms with Crippen LogP contribution < -0.4 is 15.0 Å². The van der Waals surface area contributed by atoms with Gasteiger partial charge in [-0.15, -0.1) is 0 Å². The fraction of sp³-hybridized carbons (Fsp3) is 0.440. The van der Waals surface area contributed by atoms with E-state index in [2.05, 4.69) is 10.2 Å². The van der Waals surface area contributed by atoms with Gasteiger partial charge in [-0.2, -0.15) is 0 Å². The van der Waals surface area contributed by atoms with Gasteiger partial charge >= 0.3 is 0 Å². The second kappa shape index (κ2) is 10.3. The highest BCUT2D eigenvalue weighted by atomic mass is 35.5. The van der Waals surface area contributed by atoms with Gasteiger partial charge < -0.3 is 19.9 Å². The zero-order valence-electron chi connectivity index (χ0n) is 19.3. The Labute approximate surface area is 195 Å². The van der Waals surface area contributed by atoms with Crippen molar-refractivity contribution in [3.63, 3.8) is 0 Å². The summed E-state index contributed by atoms with van der Waals surface area (Å²) < 4.78 is 5.61. The van der Waals surface area contributed by atoms with Crippen molar-refractivity contribution in [3.05, 3.63) is 53.1 Å². The van der Waals surface area contributed by atoms with Gasteiger partial charge in [0.1, 0.15) is 5.75 Å². The van der Waals surface area contributed by atoms with E-state index in [-0.39, 0.29) is 17.2 Å². The molecule has 7 heteroatoms. The van der Waals surface area contributed by atoms with E-state index in [0.29, 0.717) is 41.7 Å². The molecular weight excluding hydrogens is 426 g/mol. The molecule has 0 aliphatic carbocycles. The molecule has 1 aliphatic heterocycles. The van der Waals surface area contributed by atoms with Crippen molar-refractivity contribution in [1.29, 1.82) is 0 Å². The standard InChI is InChI=1S/C25H32ClN3O3/c1-5-15-32-20-8-6-7-18(16-20)23(30)27-19-9-10-22(21(26)17-19)28-11-13-29(14-12-28)24(31)25(2,3)4/h6-10,16-17H,5,11-15H2,1-4H3,(H,27,30). The normalized spacial score (nSPS) is 14.3. The lowest BCUT2D eigenvalue weighted by Crippen LogP contribution is -2.51. The number of rotatable bonds is 6. The maximum Gasteiger partial charge on any atom is 0.255 e. The number of nitrogens with zero attached hydrogens (tertiary/aromatic N) is 2. The number of carbonyl (C=O) groups is 2. The van der Waals surface area contributed by atoms with Gasteiger partial charge in [0.05, 0.1) is 17.3 Å². The van der Waals surface area contributed by atoms with Gasteiger partial charge in [-0.05, 0) is 42.8 Å². The molecule has 0 radical (unpaired) electrons. The molecule has 0 atom stereocenters. The van der Waals surface area contributed by atoms with Crippen LogP contribution in [0.4, 0.5) is 11.4 Å². The molecular formula is C25H32ClN3O3. The van der Waals surface area contributed by atoms with E-state index >= 15 is 0 Å². The van der Waals surface area contributed by atoms with Gasteiger partial charge in [0, 0.05) is 42.8 Å². The van der Waals surface area contributed by atoms with Crippen molar-refractivity contribution in [3.8, 4) is 5.75 Å². The van der Waals surface area contributed by atoms with Gasteiger partial charge in [-0.1, -0.05) is 45.4 Å². The van der Waals surface area contributed by atoms with E-state index in [0.717, 1.165) is 25.2 Å². The molecule has 0 spiro atoms. The van der Waals surface area contributed by atoms with Crippen molar-refractivity contribution in [1.82, 2.24) is 4.90 Å². The molecule has 1 N–H and O–H groups in total. The first-order valence-electron chi connectivity index (χ1n) is 11.1. The summed E-state index contributed by atoms with van der Waals surface area (Å²) in [5, 5.41) is 3.47. The topological polar surface area (TPSA) is 61.9 Å². The summed E-state index contributed by atoms with van der Waals surface area (Å²) in [6.07, 6.45) is 0.906. The Balaban J connectivity index is 1.62. The van der Waals surface area contributed by atoms with Gasteiger partial charge in [-0.3, -0.25) is 9.59 Å². The molecule has 2 aromatic rings. The fourth-order valence-corrected chi connectivity index (χ4v) is 3.92. The minimum absolute atomic E-state index is 0.172. The molecule has 3 rings (SSSR count). The second-order valence-electron chi connectivity index (χ2n) is 9.03. The average Bonchev–Trinajstić information content (AvgIpc) is 2.77. The maximum atomic E-state index is 12.7. The Morgan fingerprint density at radius 3 is 2.41 bits per heavy atom. The maximum absolute atomic E-state index is 12.7. The number of hydrogen-bond donors (Lipinski definition) is 1. The van der Waals surface area contributed by atoms with E-state index in [1.54, 1.807) is 24.3 Å². The molecule has 32 heavy (non-hydrogen) atoms. The third kappa shape index (κ3) is 5.94. The quantitative estimate of drug-likeness (QED) is 0.657. The van der Waals surface area contributed by atoms with Crippen LogP contribution in [0.15, 0.2) is 42.5 Å². The summed E-state index contributed by atoms with van der Waals surface area (Å²) in [6, 6.07) is 12.7. The second-order valence-corrected chi connectivity index (χ2v) is 9.43. The van der Waals surface area contributed by atoms with Crippen LogP contribution >= 0.6 is 11.6 Å². The number of halogens is 1. The summed E-state index contributed by atoms with van der Waals surface area (Å²) in [4.78, 5) is 29.3. The van der Waals surface area contributed by atoms with Crippen molar-refractivity contribution in [2.45, 2.75) is 34.1 Å². The highest BCUT2D eigenvalue weighted by Crippen LogP contribution is 2.30.